The lowest BCUT2D eigenvalue weighted by atomic mass is 10.0. The summed E-state index contributed by atoms with van der Waals surface area (Å²) in [5, 5.41) is 12.2. The predicted molar refractivity (Wildman–Crippen MR) is 231 cm³/mol. The van der Waals surface area contributed by atoms with Crippen LogP contribution in [0.25, 0.3) is 17.1 Å². The topological polar surface area (TPSA) is 180 Å². The zero-order valence-electron chi connectivity index (χ0n) is 35.0. The zero-order valence-corrected chi connectivity index (χ0v) is 35.0. The number of nitrogens with one attached hydrogen (secondary N) is 3. The van der Waals surface area contributed by atoms with E-state index < -0.39 is 24.1 Å². The highest BCUT2D eigenvalue weighted by Crippen LogP contribution is 2.45. The minimum atomic E-state index is -2.99. The van der Waals surface area contributed by atoms with Gasteiger partial charge in [0.15, 0.2) is 11.4 Å². The number of carbonyl (C=O) groups is 4. The monoisotopic (exact) mass is 862 g/mol. The van der Waals surface area contributed by atoms with Crippen molar-refractivity contribution in [2.45, 2.75) is 57.4 Å². The summed E-state index contributed by atoms with van der Waals surface area (Å²) in [7, 11) is 3.62. The van der Waals surface area contributed by atoms with Gasteiger partial charge in [0, 0.05) is 64.1 Å². The van der Waals surface area contributed by atoms with Crippen molar-refractivity contribution in [1.29, 1.82) is 0 Å². The highest BCUT2D eigenvalue weighted by Gasteiger charge is 2.40. The number of hydrogen-bond donors (Lipinski definition) is 3. The first-order valence-corrected chi connectivity index (χ1v) is 20.9. The van der Waals surface area contributed by atoms with Crippen molar-refractivity contribution in [1.82, 2.24) is 30.0 Å². The second-order valence-corrected chi connectivity index (χ2v) is 15.9. The Hall–Kier alpha value is -6.95. The maximum Gasteiger partial charge on any atom is 0.284 e. The summed E-state index contributed by atoms with van der Waals surface area (Å²) in [6.45, 7) is 6.47. The summed E-state index contributed by atoms with van der Waals surface area (Å²) < 4.78 is 40.9. The third-order valence-corrected chi connectivity index (χ3v) is 11.3. The second kappa shape index (κ2) is 18.6. The number of fused-ring (bicyclic) bond motifs is 1. The van der Waals surface area contributed by atoms with Crippen molar-refractivity contribution in [2.24, 2.45) is 5.92 Å². The zero-order chi connectivity index (χ0) is 44.2. The Morgan fingerprint density at radius 2 is 1.87 bits per heavy atom. The summed E-state index contributed by atoms with van der Waals surface area (Å²) in [5.41, 5.74) is 3.46. The molecule has 1 saturated heterocycles. The highest BCUT2D eigenvalue weighted by atomic mass is 19.3. The number of rotatable bonds is 18. The van der Waals surface area contributed by atoms with Crippen LogP contribution in [0.1, 0.15) is 77.1 Å². The molecule has 63 heavy (non-hydrogen) atoms. The normalized spacial score (nSPS) is 16.1. The smallest absolute Gasteiger partial charge is 0.284 e. The number of piperidine rings is 1. The third-order valence-electron chi connectivity index (χ3n) is 11.3. The van der Waals surface area contributed by atoms with E-state index in [9.17, 15) is 28.0 Å². The number of aryl methyl sites for hydroxylation is 1. The molecule has 4 amide bonds. The van der Waals surface area contributed by atoms with Crippen molar-refractivity contribution >= 4 is 46.5 Å². The Bertz CT molecular complexity index is 2520. The van der Waals surface area contributed by atoms with Crippen LogP contribution in [0.15, 0.2) is 90.1 Å². The van der Waals surface area contributed by atoms with Crippen LogP contribution in [-0.4, -0.2) is 94.7 Å². The van der Waals surface area contributed by atoms with Gasteiger partial charge in [-0.15, -0.1) is 0 Å². The molecule has 8 rings (SSSR count). The molecule has 3 aliphatic rings. The maximum absolute atomic E-state index is 14.1. The van der Waals surface area contributed by atoms with Gasteiger partial charge in [0.1, 0.15) is 23.9 Å². The Morgan fingerprint density at radius 1 is 1.08 bits per heavy atom. The van der Waals surface area contributed by atoms with Gasteiger partial charge in [0.05, 0.1) is 28.9 Å². The van der Waals surface area contributed by atoms with Gasteiger partial charge in [-0.1, -0.05) is 18.7 Å². The van der Waals surface area contributed by atoms with Gasteiger partial charge in [-0.05, 0) is 92.5 Å². The van der Waals surface area contributed by atoms with Gasteiger partial charge in [-0.25, -0.2) is 23.4 Å². The minimum absolute atomic E-state index is 0.102. The Balaban J connectivity index is 0.795. The van der Waals surface area contributed by atoms with Crippen LogP contribution in [0.4, 0.5) is 31.7 Å². The Kier molecular flexibility index (Phi) is 12.6. The van der Waals surface area contributed by atoms with Gasteiger partial charge < -0.3 is 34.5 Å². The number of benzene rings is 2. The molecule has 1 unspecified atom stereocenters. The van der Waals surface area contributed by atoms with Crippen LogP contribution >= 0.6 is 0 Å². The molecule has 1 atom stereocenters. The summed E-state index contributed by atoms with van der Waals surface area (Å²) in [6, 6.07) is 15.3. The van der Waals surface area contributed by atoms with Gasteiger partial charge in [-0.2, -0.15) is 5.10 Å². The van der Waals surface area contributed by atoms with Crippen molar-refractivity contribution in [2.75, 3.05) is 60.8 Å². The lowest BCUT2D eigenvalue weighted by Gasteiger charge is -2.32. The van der Waals surface area contributed by atoms with E-state index >= 15 is 0 Å². The number of alkyl halides is 2. The molecule has 3 aromatic heterocycles. The van der Waals surface area contributed by atoms with Crippen molar-refractivity contribution in [3.05, 3.63) is 108 Å². The van der Waals surface area contributed by atoms with Gasteiger partial charge in [0.25, 0.3) is 18.2 Å². The molecular formula is C45H48F2N10O6. The Morgan fingerprint density at radius 3 is 2.63 bits per heavy atom. The number of hydrogen-bond acceptors (Lipinski definition) is 12. The van der Waals surface area contributed by atoms with Crippen LogP contribution in [0.5, 0.6) is 0 Å². The van der Waals surface area contributed by atoms with E-state index in [0.29, 0.717) is 67.0 Å². The molecular weight excluding hydrogens is 815 g/mol. The van der Waals surface area contributed by atoms with Crippen molar-refractivity contribution in [3.63, 3.8) is 0 Å². The largest absolute Gasteiger partial charge is 0.444 e. The van der Waals surface area contributed by atoms with E-state index in [4.69, 9.17) is 9.15 Å². The van der Waals surface area contributed by atoms with E-state index in [0.717, 1.165) is 42.6 Å². The van der Waals surface area contributed by atoms with E-state index in [-0.39, 0.29) is 41.4 Å². The van der Waals surface area contributed by atoms with E-state index in [1.807, 2.05) is 29.0 Å². The molecule has 2 aliphatic heterocycles. The number of imide groups is 1. The average Bonchev–Trinajstić information content (AvgIpc) is 3.68. The molecule has 5 heterocycles. The molecule has 3 N–H and O–H groups in total. The van der Waals surface area contributed by atoms with Gasteiger partial charge in [0.2, 0.25) is 17.7 Å². The number of carbonyl (C=O) groups excluding carboxylic acids is 4. The number of halogens is 2. The molecule has 0 bridgehead atoms. The molecule has 16 nitrogen and oxygen atoms in total. The fraction of sp³-hybridized carbons (Fsp3) is 0.356. The molecule has 2 aromatic carbocycles. The van der Waals surface area contributed by atoms with Crippen LogP contribution in [0, 0.1) is 5.92 Å². The number of amides is 4. The number of anilines is 4. The van der Waals surface area contributed by atoms with Crippen LogP contribution in [-0.2, 0) is 20.7 Å². The first kappa shape index (κ1) is 42.7. The SMILES string of the molecule is C=C1N(C)c2c(CCCOCCCN(C)C(=O)c3ccc(-n4cc(NC(=O)c5coc(-c6ccnc(NCC7CC7)c6)n5)c(C(F)F)n4)cc3)cccc2N1C1CCC(=O)NC1=O. The molecule has 5 aromatic rings. The Labute approximate surface area is 362 Å². The molecule has 328 valence electrons. The number of nitrogens with zero attached hydrogens (tertiary/aromatic N) is 7. The lowest BCUT2D eigenvalue weighted by molar-refractivity contribution is -0.134. The molecule has 1 aliphatic carbocycles. The summed E-state index contributed by atoms with van der Waals surface area (Å²) in [4.78, 5) is 64.8. The highest BCUT2D eigenvalue weighted by molar-refractivity contribution is 6.04. The van der Waals surface area contributed by atoms with Crippen molar-refractivity contribution < 1.29 is 37.1 Å². The van der Waals surface area contributed by atoms with Crippen molar-refractivity contribution in [3.8, 4) is 17.1 Å². The standard InChI is InChI=1S/C45H48F2N10O6/c1-27-55(3)40-29(7-4-9-35(40)57(27)36-16-17-38(58)52-43(36)60)8-5-21-62-22-6-20-54(2)45(61)30-12-14-32(15-13-30)56-25-33(39(53-56)41(46)47)50-42(59)34-26-63-44(51-34)31-18-19-48-37(23-31)49-24-28-10-11-28/h4,7,9,12-15,18-19,23,25-26,28,36,41H,1,5-6,8,10-11,16-17,20-22,24H2,2-3H3,(H,48,49)(H,50,59)(H,52,58,60). The first-order chi connectivity index (χ1) is 30.4. The minimum Gasteiger partial charge on any atom is -0.444 e. The number of pyridine rings is 1. The molecule has 1 saturated carbocycles. The number of para-hydroxylation sites is 1. The summed E-state index contributed by atoms with van der Waals surface area (Å²) in [6.07, 6.45) is 6.26. The summed E-state index contributed by atoms with van der Waals surface area (Å²) in [5.74, 6) is 0.620. The third kappa shape index (κ3) is 9.60. The van der Waals surface area contributed by atoms with E-state index in [1.54, 1.807) is 54.5 Å². The summed E-state index contributed by atoms with van der Waals surface area (Å²) >= 11 is 0. The molecule has 2 fully saturated rings. The van der Waals surface area contributed by atoms with Gasteiger partial charge >= 0.3 is 0 Å². The van der Waals surface area contributed by atoms with Crippen LogP contribution in [0.3, 0.4) is 0 Å². The average molecular weight is 863 g/mol. The van der Waals surface area contributed by atoms with E-state index in [2.05, 4.69) is 43.7 Å². The van der Waals surface area contributed by atoms with E-state index in [1.165, 1.54) is 23.7 Å². The molecule has 0 radical (unpaired) electrons. The van der Waals surface area contributed by atoms with Gasteiger partial charge in [-0.3, -0.25) is 24.5 Å². The van der Waals surface area contributed by atoms with Crippen LogP contribution < -0.4 is 25.8 Å². The first-order valence-electron chi connectivity index (χ1n) is 20.9. The van der Waals surface area contributed by atoms with Crippen LogP contribution in [0.2, 0.25) is 0 Å². The fourth-order valence-electron chi connectivity index (χ4n) is 7.72. The predicted octanol–water partition coefficient (Wildman–Crippen LogP) is 6.58. The fourth-order valence-corrected chi connectivity index (χ4v) is 7.72. The number of aromatic nitrogens is 4. The second-order valence-electron chi connectivity index (χ2n) is 15.9. The quantitative estimate of drug-likeness (QED) is 0.0638. The number of oxazole rings is 1. The lowest BCUT2D eigenvalue weighted by Crippen LogP contribution is -2.52. The maximum atomic E-state index is 14.1. The molecule has 18 heteroatoms. The number of ether oxygens (including phenoxy) is 1. The molecule has 0 spiro atoms.